The van der Waals surface area contributed by atoms with Crippen LogP contribution in [0.4, 0.5) is 5.69 Å². The molecule has 1 aliphatic rings. The number of hydrogen-bond donors (Lipinski definition) is 1. The number of benzene rings is 1. The van der Waals surface area contributed by atoms with Gasteiger partial charge in [0.2, 0.25) is 0 Å². The summed E-state index contributed by atoms with van der Waals surface area (Å²) in [5, 5.41) is 3.50. The maximum absolute atomic E-state index is 10.5. The van der Waals surface area contributed by atoms with Crippen LogP contribution in [0.3, 0.4) is 0 Å². The van der Waals surface area contributed by atoms with Crippen LogP contribution in [-0.2, 0) is 4.79 Å². The number of allylic oxidation sites excluding steroid dienone is 2. The van der Waals surface area contributed by atoms with Gasteiger partial charge in [-0.05, 0) is 42.9 Å². The highest BCUT2D eigenvalue weighted by molar-refractivity contribution is 6.02. The smallest absolute Gasteiger partial charge is 0.141 e. The molecule has 0 fully saturated rings. The first-order valence-electron chi connectivity index (χ1n) is 7.01. The topological polar surface area (TPSA) is 41.5 Å². The number of aldehydes is 1. The highest BCUT2D eigenvalue weighted by atomic mass is 16.1. The van der Waals surface area contributed by atoms with E-state index in [2.05, 4.69) is 43.2 Å². The third-order valence-corrected chi connectivity index (χ3v) is 3.61. The maximum Gasteiger partial charge on any atom is 0.141 e. The van der Waals surface area contributed by atoms with Gasteiger partial charge in [-0.2, -0.15) is 0 Å². The molecule has 0 amide bonds. The van der Waals surface area contributed by atoms with Gasteiger partial charge in [-0.15, -0.1) is 0 Å². The molecule has 2 rings (SSSR count). The average Bonchev–Trinajstić information content (AvgIpc) is 2.41. The van der Waals surface area contributed by atoms with Gasteiger partial charge in [0.05, 0.1) is 6.54 Å². The van der Waals surface area contributed by atoms with Crippen LogP contribution in [0, 0.1) is 5.41 Å². The minimum Gasteiger partial charge on any atom is -0.359 e. The summed E-state index contributed by atoms with van der Waals surface area (Å²) >= 11 is 0. The molecular weight excluding hydrogens is 248 g/mol. The number of carbonyl (C=O) groups is 1. The van der Waals surface area contributed by atoms with Crippen LogP contribution in [0.25, 0.3) is 0 Å². The van der Waals surface area contributed by atoms with E-state index in [-0.39, 0.29) is 12.0 Å². The lowest BCUT2D eigenvalue weighted by Gasteiger charge is -2.33. The first-order chi connectivity index (χ1) is 9.52. The van der Waals surface area contributed by atoms with Gasteiger partial charge < -0.3 is 10.1 Å². The summed E-state index contributed by atoms with van der Waals surface area (Å²) in [7, 11) is 0. The summed E-state index contributed by atoms with van der Waals surface area (Å²) in [6.07, 6.45) is 2.77. The molecule has 1 aliphatic carbocycles. The molecule has 3 nitrogen and oxygen atoms in total. The Bertz CT molecular complexity index is 541. The fourth-order valence-corrected chi connectivity index (χ4v) is 2.59. The fourth-order valence-electron chi connectivity index (χ4n) is 2.59. The van der Waals surface area contributed by atoms with Crippen LogP contribution in [0.15, 0.2) is 46.6 Å². The minimum absolute atomic E-state index is 0.165. The first-order valence-corrected chi connectivity index (χ1v) is 7.01. The summed E-state index contributed by atoms with van der Waals surface area (Å²) in [5.41, 5.74) is 4.69. The van der Waals surface area contributed by atoms with Gasteiger partial charge in [0.1, 0.15) is 6.29 Å². The highest BCUT2D eigenvalue weighted by Gasteiger charge is 2.29. The largest absolute Gasteiger partial charge is 0.359 e. The van der Waals surface area contributed by atoms with Crippen LogP contribution in [0.1, 0.15) is 33.6 Å². The van der Waals surface area contributed by atoms with Gasteiger partial charge in [0.25, 0.3) is 0 Å². The first kappa shape index (κ1) is 14.5. The molecule has 20 heavy (non-hydrogen) atoms. The predicted molar refractivity (Wildman–Crippen MR) is 84.1 cm³/mol. The Morgan fingerprint density at radius 3 is 2.60 bits per heavy atom. The Kier molecular flexibility index (Phi) is 4.38. The molecule has 106 valence electrons. The van der Waals surface area contributed by atoms with E-state index >= 15 is 0 Å². The quantitative estimate of drug-likeness (QED) is 0.845. The standard InChI is InChI=1S/C17H22N2O/c1-13-15(18-9-10-20)11-17(2,3)12-16(13)19-14-7-5-4-6-8-14/h4-8,10,19H,9,11-12H2,1-3H3. The Hall–Kier alpha value is -1.90. The third kappa shape index (κ3) is 3.56. The lowest BCUT2D eigenvalue weighted by molar-refractivity contribution is -0.106. The molecule has 0 unspecified atom stereocenters. The van der Waals surface area contributed by atoms with Crippen molar-refractivity contribution in [3.8, 4) is 0 Å². The molecule has 0 spiro atoms. The molecular formula is C17H22N2O. The highest BCUT2D eigenvalue weighted by Crippen LogP contribution is 2.37. The number of carbonyl (C=O) groups excluding carboxylic acids is 1. The minimum atomic E-state index is 0.165. The van der Waals surface area contributed by atoms with E-state index in [9.17, 15) is 4.79 Å². The average molecular weight is 270 g/mol. The fraction of sp³-hybridized carbons (Fsp3) is 0.412. The Morgan fingerprint density at radius 1 is 1.25 bits per heavy atom. The van der Waals surface area contributed by atoms with E-state index in [1.807, 2.05) is 18.2 Å². The van der Waals surface area contributed by atoms with Crippen molar-refractivity contribution in [2.75, 3.05) is 11.9 Å². The number of aliphatic imine (C=N–C) groups is 1. The van der Waals surface area contributed by atoms with Crippen molar-refractivity contribution >= 4 is 17.7 Å². The van der Waals surface area contributed by atoms with Crippen LogP contribution in [0.2, 0.25) is 0 Å². The zero-order valence-electron chi connectivity index (χ0n) is 12.4. The molecule has 1 N–H and O–H groups in total. The van der Waals surface area contributed by atoms with Crippen molar-refractivity contribution in [3.05, 3.63) is 41.6 Å². The Labute approximate surface area is 120 Å². The second-order valence-electron chi connectivity index (χ2n) is 6.07. The van der Waals surface area contributed by atoms with Gasteiger partial charge in [-0.3, -0.25) is 4.99 Å². The Balaban J connectivity index is 2.30. The number of nitrogens with zero attached hydrogens (tertiary/aromatic N) is 1. The molecule has 0 aromatic heterocycles. The van der Waals surface area contributed by atoms with Crippen LogP contribution < -0.4 is 5.32 Å². The van der Waals surface area contributed by atoms with Crippen molar-refractivity contribution < 1.29 is 4.79 Å². The number of hydrogen-bond acceptors (Lipinski definition) is 3. The van der Waals surface area contributed by atoms with E-state index in [4.69, 9.17) is 0 Å². The molecule has 0 atom stereocenters. The summed E-state index contributed by atoms with van der Waals surface area (Å²) < 4.78 is 0. The predicted octanol–water partition coefficient (Wildman–Crippen LogP) is 3.83. The van der Waals surface area contributed by atoms with Crippen LogP contribution in [0.5, 0.6) is 0 Å². The van der Waals surface area contributed by atoms with Crippen LogP contribution >= 0.6 is 0 Å². The van der Waals surface area contributed by atoms with E-state index in [1.165, 1.54) is 11.3 Å². The van der Waals surface area contributed by atoms with Crippen molar-refractivity contribution in [2.45, 2.75) is 33.6 Å². The van der Waals surface area contributed by atoms with Gasteiger partial charge in [0, 0.05) is 17.1 Å². The lowest BCUT2D eigenvalue weighted by atomic mass is 9.75. The van der Waals surface area contributed by atoms with Crippen molar-refractivity contribution in [1.82, 2.24) is 0 Å². The number of anilines is 1. The number of para-hydroxylation sites is 1. The van der Waals surface area contributed by atoms with E-state index < -0.39 is 0 Å². The molecule has 0 bridgehead atoms. The van der Waals surface area contributed by atoms with Crippen LogP contribution in [-0.4, -0.2) is 18.5 Å². The second-order valence-corrected chi connectivity index (χ2v) is 6.07. The van der Waals surface area contributed by atoms with Gasteiger partial charge in [-0.25, -0.2) is 0 Å². The second kappa shape index (κ2) is 6.04. The van der Waals surface area contributed by atoms with Crippen molar-refractivity contribution in [3.63, 3.8) is 0 Å². The van der Waals surface area contributed by atoms with Gasteiger partial charge >= 0.3 is 0 Å². The normalized spacial score (nSPS) is 20.1. The molecule has 0 aliphatic heterocycles. The molecule has 0 saturated heterocycles. The lowest BCUT2D eigenvalue weighted by Crippen LogP contribution is -2.28. The maximum atomic E-state index is 10.5. The molecule has 0 radical (unpaired) electrons. The Morgan fingerprint density at radius 2 is 1.95 bits per heavy atom. The monoisotopic (exact) mass is 270 g/mol. The van der Waals surface area contributed by atoms with E-state index in [0.29, 0.717) is 0 Å². The van der Waals surface area contributed by atoms with Gasteiger partial charge in [-0.1, -0.05) is 32.0 Å². The zero-order chi connectivity index (χ0) is 14.6. The molecule has 1 aromatic rings. The summed E-state index contributed by atoms with van der Waals surface area (Å²) in [6.45, 7) is 6.82. The van der Waals surface area contributed by atoms with E-state index in [1.54, 1.807) is 0 Å². The molecule has 0 heterocycles. The van der Waals surface area contributed by atoms with Crippen molar-refractivity contribution in [2.24, 2.45) is 10.4 Å². The molecule has 3 heteroatoms. The van der Waals surface area contributed by atoms with Crippen molar-refractivity contribution in [1.29, 1.82) is 0 Å². The third-order valence-electron chi connectivity index (χ3n) is 3.61. The SMILES string of the molecule is CC1=C(Nc2ccccc2)CC(C)(C)CC1=NCC=O. The summed E-state index contributed by atoms with van der Waals surface area (Å²) in [6, 6.07) is 10.2. The van der Waals surface area contributed by atoms with E-state index in [0.717, 1.165) is 30.5 Å². The van der Waals surface area contributed by atoms with Gasteiger partial charge in [0.15, 0.2) is 0 Å². The summed E-state index contributed by atoms with van der Waals surface area (Å²) in [5.74, 6) is 0. The molecule has 0 saturated carbocycles. The molecule has 1 aromatic carbocycles. The number of rotatable bonds is 4. The zero-order valence-corrected chi connectivity index (χ0v) is 12.4. The number of nitrogens with one attached hydrogen (secondary N) is 1. The summed E-state index contributed by atoms with van der Waals surface area (Å²) in [4.78, 5) is 15.0.